The molecule has 3 heterocycles. The number of amides is 2. The molecule has 264 valence electrons. The molecule has 13 heteroatoms. The van der Waals surface area contributed by atoms with Gasteiger partial charge in [-0.2, -0.15) is 9.67 Å². The first-order valence-electron chi connectivity index (χ1n) is 16.6. The number of nitrogens with zero attached hydrogens (tertiary/aromatic N) is 6. The van der Waals surface area contributed by atoms with Crippen LogP contribution in [0.2, 0.25) is 0 Å². The van der Waals surface area contributed by atoms with Crippen molar-refractivity contribution in [3.8, 4) is 17.2 Å². The summed E-state index contributed by atoms with van der Waals surface area (Å²) in [5, 5.41) is 0. The molecule has 5 aromatic rings. The topological polar surface area (TPSA) is 130 Å². The van der Waals surface area contributed by atoms with Crippen molar-refractivity contribution >= 4 is 18.0 Å². The quantitative estimate of drug-likeness (QED) is 0.212. The van der Waals surface area contributed by atoms with E-state index in [1.165, 1.54) is 21.4 Å². The van der Waals surface area contributed by atoms with E-state index >= 15 is 0 Å². The SMILES string of the molecule is COc1ccc(CN2C[C@]3(C=C(C)Cn4c(=O)n(-c5ccccc5)c(=O)n43)N(C(=O)OCc3ccccc3)C2=NC(=O)c2ccccc2)c(OC)c1. The Morgan fingerprint density at radius 3 is 2.17 bits per heavy atom. The van der Waals surface area contributed by atoms with Crippen LogP contribution in [0.15, 0.2) is 135 Å². The van der Waals surface area contributed by atoms with Crippen LogP contribution in [0.3, 0.4) is 0 Å². The number of para-hydroxylation sites is 1. The number of methoxy groups -OCH3 is 2. The van der Waals surface area contributed by atoms with Gasteiger partial charge in [-0.25, -0.2) is 28.5 Å². The molecular formula is C39H36N6O7. The normalized spacial score (nSPS) is 17.2. The molecular weight excluding hydrogens is 664 g/mol. The van der Waals surface area contributed by atoms with E-state index in [4.69, 9.17) is 14.2 Å². The molecule has 52 heavy (non-hydrogen) atoms. The summed E-state index contributed by atoms with van der Waals surface area (Å²) in [6.07, 6.45) is 0.887. The molecule has 4 aromatic carbocycles. The molecule has 2 aliphatic heterocycles. The second-order valence-electron chi connectivity index (χ2n) is 12.5. The summed E-state index contributed by atoms with van der Waals surface area (Å²) in [7, 11) is 3.08. The fourth-order valence-corrected chi connectivity index (χ4v) is 6.73. The van der Waals surface area contributed by atoms with Gasteiger partial charge in [0, 0.05) is 23.7 Å². The number of guanidine groups is 1. The van der Waals surface area contributed by atoms with Crippen LogP contribution in [0.5, 0.6) is 11.5 Å². The molecule has 2 amide bonds. The van der Waals surface area contributed by atoms with Crippen LogP contribution >= 0.6 is 0 Å². The third kappa shape index (κ3) is 6.06. The summed E-state index contributed by atoms with van der Waals surface area (Å²) in [5.74, 6) is 0.366. The number of carbonyl (C=O) groups is 2. The molecule has 1 aromatic heterocycles. The summed E-state index contributed by atoms with van der Waals surface area (Å²) in [6.45, 7) is 1.80. The van der Waals surface area contributed by atoms with Gasteiger partial charge < -0.3 is 19.1 Å². The molecule has 1 fully saturated rings. The van der Waals surface area contributed by atoms with Gasteiger partial charge >= 0.3 is 17.5 Å². The molecule has 1 spiro atoms. The Hall–Kier alpha value is -6.63. The zero-order chi connectivity index (χ0) is 36.4. The van der Waals surface area contributed by atoms with E-state index in [2.05, 4.69) is 4.99 Å². The lowest BCUT2D eigenvalue weighted by Crippen LogP contribution is -2.58. The first-order valence-corrected chi connectivity index (χ1v) is 16.6. The summed E-state index contributed by atoms with van der Waals surface area (Å²) < 4.78 is 20.7. The number of benzene rings is 4. The lowest BCUT2D eigenvalue weighted by Gasteiger charge is -2.37. The van der Waals surface area contributed by atoms with Crippen LogP contribution in [0.25, 0.3) is 5.69 Å². The average molecular weight is 701 g/mol. The largest absolute Gasteiger partial charge is 0.497 e. The monoisotopic (exact) mass is 700 g/mol. The summed E-state index contributed by atoms with van der Waals surface area (Å²) >= 11 is 0. The van der Waals surface area contributed by atoms with Crippen LogP contribution in [0.4, 0.5) is 4.79 Å². The molecule has 13 nitrogen and oxygen atoms in total. The summed E-state index contributed by atoms with van der Waals surface area (Å²) in [6, 6.07) is 31.5. The van der Waals surface area contributed by atoms with Gasteiger partial charge in [0.15, 0.2) is 5.66 Å². The van der Waals surface area contributed by atoms with Crippen molar-refractivity contribution in [1.82, 2.24) is 23.7 Å². The molecule has 0 N–H and O–H groups in total. The molecule has 0 bridgehead atoms. The lowest BCUT2D eigenvalue weighted by molar-refractivity contribution is 0.0647. The highest BCUT2D eigenvalue weighted by molar-refractivity contribution is 6.07. The maximum atomic E-state index is 14.6. The number of hydrogen-bond donors (Lipinski definition) is 0. The van der Waals surface area contributed by atoms with Gasteiger partial charge in [0.1, 0.15) is 18.1 Å². The van der Waals surface area contributed by atoms with Crippen LogP contribution in [-0.4, -0.2) is 62.5 Å². The standard InChI is InChI=1S/C39H36N6O7/c1-27-22-39(45-37(48)43(36(47)42(45)23-27)31-17-11-6-12-18-31)26-41(24-30-19-20-32(50-2)21-33(30)51-3)35(40-34(46)29-15-9-5-10-16-29)44(39)38(49)52-25-28-13-7-4-8-14-28/h4-22H,23-26H2,1-3H3/t39-/m1/s1. The minimum Gasteiger partial charge on any atom is -0.497 e. The molecule has 0 aliphatic carbocycles. The molecule has 0 radical (unpaired) electrons. The predicted molar refractivity (Wildman–Crippen MR) is 193 cm³/mol. The first-order chi connectivity index (χ1) is 25.2. The number of aliphatic imine (C=N–C) groups is 1. The van der Waals surface area contributed by atoms with Crippen molar-refractivity contribution < 1.29 is 23.8 Å². The highest BCUT2D eigenvalue weighted by Gasteiger charge is 2.56. The van der Waals surface area contributed by atoms with Crippen LogP contribution < -0.4 is 20.9 Å². The van der Waals surface area contributed by atoms with Crippen LogP contribution in [-0.2, 0) is 30.1 Å². The Bertz CT molecular complexity index is 2310. The average Bonchev–Trinajstić information content (AvgIpc) is 3.60. The Kier molecular flexibility index (Phi) is 9.08. The smallest absolute Gasteiger partial charge is 0.419 e. The number of ether oxygens (including phenoxy) is 3. The van der Waals surface area contributed by atoms with Crippen molar-refractivity contribution in [2.75, 3.05) is 20.8 Å². The zero-order valence-electron chi connectivity index (χ0n) is 28.8. The summed E-state index contributed by atoms with van der Waals surface area (Å²) in [4.78, 5) is 64.6. The van der Waals surface area contributed by atoms with E-state index in [9.17, 15) is 19.2 Å². The molecule has 0 unspecified atom stereocenters. The van der Waals surface area contributed by atoms with E-state index in [0.29, 0.717) is 28.3 Å². The van der Waals surface area contributed by atoms with Gasteiger partial charge in [-0.1, -0.05) is 72.3 Å². The number of aromatic nitrogens is 3. The van der Waals surface area contributed by atoms with Crippen molar-refractivity contribution in [1.29, 1.82) is 0 Å². The second-order valence-corrected chi connectivity index (χ2v) is 12.5. The van der Waals surface area contributed by atoms with Crippen molar-refractivity contribution in [2.24, 2.45) is 4.99 Å². The molecule has 7 rings (SSSR count). The first kappa shape index (κ1) is 33.8. The fourth-order valence-electron chi connectivity index (χ4n) is 6.73. The minimum atomic E-state index is -1.69. The predicted octanol–water partition coefficient (Wildman–Crippen LogP) is 4.78. The van der Waals surface area contributed by atoms with Gasteiger partial charge in [0.25, 0.3) is 5.91 Å². The number of carbonyl (C=O) groups excluding carboxylic acids is 2. The highest BCUT2D eigenvalue weighted by Crippen LogP contribution is 2.38. The van der Waals surface area contributed by atoms with E-state index in [1.54, 1.807) is 90.9 Å². The molecule has 1 saturated heterocycles. The highest BCUT2D eigenvalue weighted by atomic mass is 16.6. The van der Waals surface area contributed by atoms with E-state index in [-0.39, 0.29) is 37.8 Å². The zero-order valence-corrected chi connectivity index (χ0v) is 28.8. The van der Waals surface area contributed by atoms with E-state index in [0.717, 1.165) is 10.1 Å². The van der Waals surface area contributed by atoms with Gasteiger partial charge in [-0.05, 0) is 55.0 Å². The lowest BCUT2D eigenvalue weighted by atomic mass is 10.0. The number of fused-ring (bicyclic) bond motifs is 2. The fraction of sp³-hybridized carbons (Fsp3) is 0.205. The number of allylic oxidation sites excluding steroid dienone is 1. The van der Waals surface area contributed by atoms with E-state index < -0.39 is 29.0 Å². The van der Waals surface area contributed by atoms with Gasteiger partial charge in [-0.3, -0.25) is 4.79 Å². The van der Waals surface area contributed by atoms with Gasteiger partial charge in [-0.15, -0.1) is 0 Å². The third-order valence-electron chi connectivity index (χ3n) is 9.04. The van der Waals surface area contributed by atoms with E-state index in [1.807, 2.05) is 43.3 Å². The van der Waals surface area contributed by atoms with Crippen LogP contribution in [0, 0.1) is 0 Å². The Morgan fingerprint density at radius 1 is 0.827 bits per heavy atom. The van der Waals surface area contributed by atoms with Crippen molar-refractivity contribution in [3.05, 3.63) is 159 Å². The number of hydrogen-bond acceptors (Lipinski definition) is 7. The van der Waals surface area contributed by atoms with Crippen LogP contribution in [0.1, 0.15) is 28.4 Å². The van der Waals surface area contributed by atoms with Gasteiger partial charge in [0.05, 0.1) is 33.0 Å². The molecule has 1 atom stereocenters. The van der Waals surface area contributed by atoms with Crippen molar-refractivity contribution in [3.63, 3.8) is 0 Å². The molecule has 0 saturated carbocycles. The Balaban J connectivity index is 1.45. The van der Waals surface area contributed by atoms with Crippen molar-refractivity contribution in [2.45, 2.75) is 32.3 Å². The molecule has 2 aliphatic rings. The third-order valence-corrected chi connectivity index (χ3v) is 9.04. The number of rotatable bonds is 8. The second kappa shape index (κ2) is 13.9. The minimum absolute atomic E-state index is 0.0749. The van der Waals surface area contributed by atoms with Gasteiger partial charge in [0.2, 0.25) is 5.96 Å². The maximum Gasteiger partial charge on any atom is 0.419 e. The Morgan fingerprint density at radius 2 is 1.50 bits per heavy atom. The maximum absolute atomic E-state index is 14.6. The Labute approximate surface area is 298 Å². The summed E-state index contributed by atoms with van der Waals surface area (Å²) in [5.41, 5.74) is -0.205.